The lowest BCUT2D eigenvalue weighted by Gasteiger charge is -2.30. The summed E-state index contributed by atoms with van der Waals surface area (Å²) >= 11 is 0. The second-order valence-corrected chi connectivity index (χ2v) is 8.52. The van der Waals surface area contributed by atoms with Gasteiger partial charge in [-0.3, -0.25) is 0 Å². The highest BCUT2D eigenvalue weighted by molar-refractivity contribution is 7.89. The number of aryl methyl sites for hydroxylation is 2. The van der Waals surface area contributed by atoms with Crippen molar-refractivity contribution in [3.05, 3.63) is 47.5 Å². The Kier molecular flexibility index (Phi) is 3.92. The zero-order valence-electron chi connectivity index (χ0n) is 14.3. The lowest BCUT2D eigenvalue weighted by Crippen LogP contribution is -2.38. The van der Waals surface area contributed by atoms with Gasteiger partial charge in [0.1, 0.15) is 10.6 Å². The molecule has 0 radical (unpaired) electrons. The number of piperidine rings is 1. The van der Waals surface area contributed by atoms with Gasteiger partial charge in [0.25, 0.3) is 0 Å². The number of nitrogens with zero attached hydrogens (tertiary/aromatic N) is 2. The Morgan fingerprint density at radius 3 is 2.56 bits per heavy atom. The van der Waals surface area contributed by atoms with Crippen LogP contribution in [0, 0.1) is 13.8 Å². The van der Waals surface area contributed by atoms with Crippen molar-refractivity contribution >= 4 is 20.9 Å². The first kappa shape index (κ1) is 16.4. The van der Waals surface area contributed by atoms with Crippen molar-refractivity contribution < 1.29 is 12.9 Å². The predicted octanol–water partition coefficient (Wildman–Crippen LogP) is 3.34. The second kappa shape index (κ2) is 6.00. The first-order chi connectivity index (χ1) is 12.0. The molecule has 4 rings (SSSR count). The van der Waals surface area contributed by atoms with Crippen LogP contribution in [0.3, 0.4) is 0 Å². The maximum absolute atomic E-state index is 12.9. The summed E-state index contributed by atoms with van der Waals surface area (Å²) in [6, 6.07) is 10.4. The molecule has 0 amide bonds. The van der Waals surface area contributed by atoms with Gasteiger partial charge in [-0.15, -0.1) is 0 Å². The van der Waals surface area contributed by atoms with Gasteiger partial charge in [0, 0.05) is 30.2 Å². The standard InChI is InChI=1S/C18H21N3O3S/c1-12-18(13(2)24-20-12)25(22,23)21-9-7-14(8-10-21)17-11-15-5-3-4-6-16(15)19-17/h3-6,11,14,19H,7-10H2,1-2H3. The van der Waals surface area contributed by atoms with E-state index in [2.05, 4.69) is 28.3 Å². The fraction of sp³-hybridized carbons (Fsp3) is 0.389. The SMILES string of the molecule is Cc1noc(C)c1S(=O)(=O)N1CCC(c2cc3ccccc3[nH]2)CC1. The lowest BCUT2D eigenvalue weighted by molar-refractivity contribution is 0.316. The van der Waals surface area contributed by atoms with Crippen molar-refractivity contribution in [2.75, 3.05) is 13.1 Å². The van der Waals surface area contributed by atoms with E-state index in [4.69, 9.17) is 4.52 Å². The van der Waals surface area contributed by atoms with Gasteiger partial charge in [-0.05, 0) is 44.2 Å². The highest BCUT2D eigenvalue weighted by atomic mass is 32.2. The van der Waals surface area contributed by atoms with Gasteiger partial charge in [-0.25, -0.2) is 8.42 Å². The third-order valence-corrected chi connectivity index (χ3v) is 7.15. The highest BCUT2D eigenvalue weighted by Gasteiger charge is 2.34. The minimum atomic E-state index is -3.54. The van der Waals surface area contributed by atoms with Crippen LogP contribution < -0.4 is 0 Å². The van der Waals surface area contributed by atoms with E-state index in [9.17, 15) is 8.42 Å². The zero-order chi connectivity index (χ0) is 17.6. The normalized spacial score (nSPS) is 17.4. The van der Waals surface area contributed by atoms with Crippen molar-refractivity contribution in [2.24, 2.45) is 0 Å². The Morgan fingerprint density at radius 1 is 1.20 bits per heavy atom. The largest absolute Gasteiger partial charge is 0.360 e. The molecule has 1 N–H and O–H groups in total. The maximum atomic E-state index is 12.9. The van der Waals surface area contributed by atoms with E-state index < -0.39 is 10.0 Å². The van der Waals surface area contributed by atoms with E-state index in [1.54, 1.807) is 18.2 Å². The summed E-state index contributed by atoms with van der Waals surface area (Å²) in [7, 11) is -3.54. The van der Waals surface area contributed by atoms with Gasteiger partial charge in [0.2, 0.25) is 10.0 Å². The molecule has 1 saturated heterocycles. The molecule has 3 heterocycles. The van der Waals surface area contributed by atoms with Crippen LogP contribution >= 0.6 is 0 Å². The number of hydrogen-bond acceptors (Lipinski definition) is 4. The van der Waals surface area contributed by atoms with Crippen LogP contribution in [0.5, 0.6) is 0 Å². The monoisotopic (exact) mass is 359 g/mol. The molecule has 132 valence electrons. The zero-order valence-corrected chi connectivity index (χ0v) is 15.1. The molecular formula is C18H21N3O3S. The molecule has 0 atom stereocenters. The van der Waals surface area contributed by atoms with Crippen molar-refractivity contribution in [3.8, 4) is 0 Å². The summed E-state index contributed by atoms with van der Waals surface area (Å²) in [6.45, 7) is 4.32. The molecule has 1 fully saturated rings. The Hall–Kier alpha value is -2.12. The third kappa shape index (κ3) is 2.77. The molecule has 3 aromatic rings. The van der Waals surface area contributed by atoms with Gasteiger partial charge in [0.05, 0.1) is 0 Å². The molecular weight excluding hydrogens is 338 g/mol. The topological polar surface area (TPSA) is 79.2 Å². The second-order valence-electron chi connectivity index (χ2n) is 6.64. The van der Waals surface area contributed by atoms with Crippen molar-refractivity contribution in [1.29, 1.82) is 0 Å². The number of aromatic amines is 1. The summed E-state index contributed by atoms with van der Waals surface area (Å²) in [4.78, 5) is 3.69. The number of H-pyrrole nitrogens is 1. The molecule has 0 bridgehead atoms. The molecule has 0 unspecified atom stereocenters. The van der Waals surface area contributed by atoms with E-state index in [-0.39, 0.29) is 4.90 Å². The number of nitrogens with one attached hydrogen (secondary N) is 1. The van der Waals surface area contributed by atoms with E-state index >= 15 is 0 Å². The van der Waals surface area contributed by atoms with Crippen molar-refractivity contribution in [3.63, 3.8) is 0 Å². The molecule has 6 nitrogen and oxygen atoms in total. The highest BCUT2D eigenvalue weighted by Crippen LogP contribution is 2.33. The summed E-state index contributed by atoms with van der Waals surface area (Å²) in [5.41, 5.74) is 2.74. The first-order valence-corrected chi connectivity index (χ1v) is 9.91. The number of fused-ring (bicyclic) bond motifs is 1. The quantitative estimate of drug-likeness (QED) is 0.778. The van der Waals surface area contributed by atoms with Crippen LogP contribution in [0.1, 0.15) is 35.9 Å². The first-order valence-electron chi connectivity index (χ1n) is 8.47. The Morgan fingerprint density at radius 2 is 1.92 bits per heavy atom. The summed E-state index contributed by atoms with van der Waals surface area (Å²) in [5, 5.41) is 4.98. The van der Waals surface area contributed by atoms with Crippen LogP contribution in [0.15, 0.2) is 39.8 Å². The minimum Gasteiger partial charge on any atom is -0.360 e. The van der Waals surface area contributed by atoms with Gasteiger partial charge >= 0.3 is 0 Å². The summed E-state index contributed by atoms with van der Waals surface area (Å²) < 4.78 is 32.4. The number of hydrogen-bond donors (Lipinski definition) is 1. The van der Waals surface area contributed by atoms with E-state index in [0.717, 1.165) is 18.4 Å². The number of sulfonamides is 1. The van der Waals surface area contributed by atoms with E-state index in [1.165, 1.54) is 11.1 Å². The molecule has 0 spiro atoms. The molecule has 1 aromatic carbocycles. The van der Waals surface area contributed by atoms with Gasteiger partial charge < -0.3 is 9.51 Å². The van der Waals surface area contributed by atoms with Gasteiger partial charge in [-0.1, -0.05) is 23.4 Å². The number of para-hydroxylation sites is 1. The fourth-order valence-electron chi connectivity index (χ4n) is 3.69. The molecule has 1 aliphatic heterocycles. The Labute approximate surface area is 146 Å². The minimum absolute atomic E-state index is 0.219. The molecule has 25 heavy (non-hydrogen) atoms. The van der Waals surface area contributed by atoms with Crippen LogP contribution in [0.2, 0.25) is 0 Å². The molecule has 0 saturated carbocycles. The van der Waals surface area contributed by atoms with E-state index in [1.807, 2.05) is 12.1 Å². The summed E-state index contributed by atoms with van der Waals surface area (Å²) in [6.07, 6.45) is 1.60. The third-order valence-electron chi connectivity index (χ3n) is 5.01. The van der Waals surface area contributed by atoms with Crippen molar-refractivity contribution in [1.82, 2.24) is 14.4 Å². The molecule has 7 heteroatoms. The Bertz CT molecular complexity index is 959. The van der Waals surface area contributed by atoms with Crippen molar-refractivity contribution in [2.45, 2.75) is 37.5 Å². The number of benzene rings is 1. The van der Waals surface area contributed by atoms with Gasteiger partial charge in [-0.2, -0.15) is 4.31 Å². The predicted molar refractivity (Wildman–Crippen MR) is 95.0 cm³/mol. The average molecular weight is 359 g/mol. The Balaban J connectivity index is 1.53. The average Bonchev–Trinajstić information content (AvgIpc) is 3.18. The molecule has 2 aromatic heterocycles. The molecule has 1 aliphatic rings. The van der Waals surface area contributed by atoms with E-state index in [0.29, 0.717) is 30.5 Å². The molecule has 0 aliphatic carbocycles. The lowest BCUT2D eigenvalue weighted by atomic mass is 9.95. The van der Waals surface area contributed by atoms with Crippen LogP contribution in [0.4, 0.5) is 0 Å². The summed E-state index contributed by atoms with van der Waals surface area (Å²) in [5.74, 6) is 0.707. The van der Waals surface area contributed by atoms with Crippen LogP contribution in [-0.2, 0) is 10.0 Å². The number of aromatic nitrogens is 2. The number of rotatable bonds is 3. The fourth-order valence-corrected chi connectivity index (χ4v) is 5.46. The van der Waals surface area contributed by atoms with Crippen LogP contribution in [0.25, 0.3) is 10.9 Å². The van der Waals surface area contributed by atoms with Crippen LogP contribution in [-0.4, -0.2) is 36.0 Å². The maximum Gasteiger partial charge on any atom is 0.248 e. The van der Waals surface area contributed by atoms with Gasteiger partial charge in [0.15, 0.2) is 5.76 Å². The smallest absolute Gasteiger partial charge is 0.248 e.